The average molecular weight is 409 g/mol. The quantitative estimate of drug-likeness (QED) is 0.500. The third-order valence-electron chi connectivity index (χ3n) is 4.18. The topological polar surface area (TPSA) is 68.7 Å². The SMILES string of the molecule is COC(=O)C(C)Oc1nc(C(F)(F)F)c(-c2ccc(F)cc2)c2ccc(O)cc12. The number of pyridine rings is 1. The monoisotopic (exact) mass is 409 g/mol. The Balaban J connectivity index is 2.34. The summed E-state index contributed by atoms with van der Waals surface area (Å²) in [5, 5.41) is 9.93. The van der Waals surface area contributed by atoms with Gasteiger partial charge in [0.15, 0.2) is 11.8 Å². The smallest absolute Gasteiger partial charge is 0.434 e. The molecular formula is C20H15F4NO4. The molecule has 0 amide bonds. The molecule has 1 heterocycles. The number of carbonyl (C=O) groups is 1. The highest BCUT2D eigenvalue weighted by molar-refractivity contribution is 6.01. The highest BCUT2D eigenvalue weighted by Crippen LogP contribution is 2.43. The molecule has 0 aliphatic rings. The minimum atomic E-state index is -4.87. The Kier molecular flexibility index (Phi) is 5.32. The Morgan fingerprint density at radius 1 is 1.10 bits per heavy atom. The largest absolute Gasteiger partial charge is 0.508 e. The lowest BCUT2D eigenvalue weighted by molar-refractivity contribution is -0.148. The molecule has 0 fully saturated rings. The van der Waals surface area contributed by atoms with Crippen LogP contribution in [0.2, 0.25) is 0 Å². The normalized spacial score (nSPS) is 12.6. The van der Waals surface area contributed by atoms with Crippen LogP contribution >= 0.6 is 0 Å². The standard InChI is InChI=1S/C20H15F4NO4/c1-10(19(27)28-2)29-18-15-9-13(26)7-8-14(15)16(17(25-18)20(22,23)24)11-3-5-12(21)6-4-11/h3-10,26H,1-2H3. The second kappa shape index (κ2) is 7.57. The first-order chi connectivity index (χ1) is 13.6. The first-order valence-electron chi connectivity index (χ1n) is 8.36. The van der Waals surface area contributed by atoms with E-state index in [-0.39, 0.29) is 27.6 Å². The van der Waals surface area contributed by atoms with E-state index in [4.69, 9.17) is 4.74 Å². The van der Waals surface area contributed by atoms with Crippen LogP contribution < -0.4 is 4.74 Å². The summed E-state index contributed by atoms with van der Waals surface area (Å²) in [4.78, 5) is 15.2. The molecule has 0 aliphatic heterocycles. The van der Waals surface area contributed by atoms with Crippen LogP contribution in [0.25, 0.3) is 21.9 Å². The third-order valence-corrected chi connectivity index (χ3v) is 4.18. The molecule has 1 atom stereocenters. The Bertz CT molecular complexity index is 1060. The molecule has 0 saturated heterocycles. The number of phenolic OH excluding ortho intramolecular Hbond substituents is 1. The van der Waals surface area contributed by atoms with Gasteiger partial charge in [0, 0.05) is 10.9 Å². The zero-order valence-corrected chi connectivity index (χ0v) is 15.2. The molecule has 1 aromatic heterocycles. The van der Waals surface area contributed by atoms with Crippen LogP contribution in [0.3, 0.4) is 0 Å². The van der Waals surface area contributed by atoms with Crippen molar-refractivity contribution in [3.05, 3.63) is 54.0 Å². The molecule has 5 nitrogen and oxygen atoms in total. The van der Waals surface area contributed by atoms with Crippen molar-refractivity contribution >= 4 is 16.7 Å². The van der Waals surface area contributed by atoms with Gasteiger partial charge in [0.25, 0.3) is 0 Å². The van der Waals surface area contributed by atoms with Gasteiger partial charge >= 0.3 is 12.1 Å². The number of halogens is 4. The van der Waals surface area contributed by atoms with E-state index in [2.05, 4.69) is 9.72 Å². The van der Waals surface area contributed by atoms with Crippen LogP contribution in [0.1, 0.15) is 12.6 Å². The van der Waals surface area contributed by atoms with Crippen LogP contribution in [0.5, 0.6) is 11.6 Å². The fourth-order valence-electron chi connectivity index (χ4n) is 2.86. The zero-order chi connectivity index (χ0) is 21.3. The molecule has 3 rings (SSSR count). The summed E-state index contributed by atoms with van der Waals surface area (Å²) in [5.41, 5.74) is -1.49. The molecule has 2 aromatic carbocycles. The van der Waals surface area contributed by atoms with Gasteiger partial charge in [0.1, 0.15) is 11.6 Å². The summed E-state index contributed by atoms with van der Waals surface area (Å²) in [6, 6.07) is 8.13. The van der Waals surface area contributed by atoms with E-state index < -0.39 is 35.6 Å². The van der Waals surface area contributed by atoms with Gasteiger partial charge in [-0.05, 0) is 48.2 Å². The second-order valence-electron chi connectivity index (χ2n) is 6.16. The van der Waals surface area contributed by atoms with Crippen molar-refractivity contribution in [2.24, 2.45) is 0 Å². The molecule has 0 aliphatic carbocycles. The van der Waals surface area contributed by atoms with Gasteiger partial charge in [-0.3, -0.25) is 0 Å². The number of esters is 1. The summed E-state index contributed by atoms with van der Waals surface area (Å²) < 4.78 is 64.6. The molecule has 0 radical (unpaired) electrons. The highest BCUT2D eigenvalue weighted by atomic mass is 19.4. The van der Waals surface area contributed by atoms with E-state index in [9.17, 15) is 27.5 Å². The molecule has 29 heavy (non-hydrogen) atoms. The number of rotatable bonds is 4. The molecule has 0 bridgehead atoms. The number of benzene rings is 2. The molecule has 3 aromatic rings. The Morgan fingerprint density at radius 2 is 1.76 bits per heavy atom. The summed E-state index contributed by atoms with van der Waals surface area (Å²) >= 11 is 0. The number of hydrogen-bond acceptors (Lipinski definition) is 5. The maximum Gasteiger partial charge on any atom is 0.434 e. The number of aromatic hydroxyl groups is 1. The summed E-state index contributed by atoms with van der Waals surface area (Å²) in [7, 11) is 1.11. The number of fused-ring (bicyclic) bond motifs is 1. The minimum absolute atomic E-state index is 0.0491. The summed E-state index contributed by atoms with van der Waals surface area (Å²) in [5.74, 6) is -2.15. The van der Waals surface area contributed by atoms with Crippen LogP contribution in [-0.4, -0.2) is 29.3 Å². The Morgan fingerprint density at radius 3 is 2.34 bits per heavy atom. The first-order valence-corrected chi connectivity index (χ1v) is 8.36. The van der Waals surface area contributed by atoms with E-state index in [1.54, 1.807) is 0 Å². The number of hydrogen-bond donors (Lipinski definition) is 1. The molecule has 1 unspecified atom stereocenters. The van der Waals surface area contributed by atoms with E-state index in [0.29, 0.717) is 0 Å². The number of ether oxygens (including phenoxy) is 2. The van der Waals surface area contributed by atoms with Crippen molar-refractivity contribution in [3.63, 3.8) is 0 Å². The molecular weight excluding hydrogens is 394 g/mol. The zero-order valence-electron chi connectivity index (χ0n) is 15.2. The first kappa shape index (κ1) is 20.4. The minimum Gasteiger partial charge on any atom is -0.508 e. The van der Waals surface area contributed by atoms with E-state index in [1.165, 1.54) is 37.3 Å². The molecule has 152 valence electrons. The summed E-state index contributed by atoms with van der Waals surface area (Å²) in [6.45, 7) is 1.29. The van der Waals surface area contributed by atoms with Gasteiger partial charge in [0.05, 0.1) is 7.11 Å². The number of alkyl halides is 3. The fourth-order valence-corrected chi connectivity index (χ4v) is 2.86. The van der Waals surface area contributed by atoms with E-state index in [1.807, 2.05) is 0 Å². The number of carbonyl (C=O) groups excluding carboxylic acids is 1. The van der Waals surface area contributed by atoms with Gasteiger partial charge in [-0.2, -0.15) is 13.2 Å². The highest BCUT2D eigenvalue weighted by Gasteiger charge is 2.38. The van der Waals surface area contributed by atoms with Crippen molar-refractivity contribution < 1.29 is 36.9 Å². The number of nitrogens with zero attached hydrogens (tertiary/aromatic N) is 1. The van der Waals surface area contributed by atoms with Crippen LogP contribution in [0.15, 0.2) is 42.5 Å². The van der Waals surface area contributed by atoms with Gasteiger partial charge in [-0.25, -0.2) is 14.2 Å². The van der Waals surface area contributed by atoms with Gasteiger partial charge in [-0.1, -0.05) is 12.1 Å². The number of phenols is 1. The number of aromatic nitrogens is 1. The lowest BCUT2D eigenvalue weighted by Gasteiger charge is -2.19. The van der Waals surface area contributed by atoms with Crippen molar-refractivity contribution in [2.45, 2.75) is 19.2 Å². The second-order valence-corrected chi connectivity index (χ2v) is 6.16. The third kappa shape index (κ3) is 4.08. The Labute approximate surface area is 162 Å². The Hall–Kier alpha value is -3.36. The predicted molar refractivity (Wildman–Crippen MR) is 95.9 cm³/mol. The van der Waals surface area contributed by atoms with Gasteiger partial charge in [-0.15, -0.1) is 0 Å². The lowest BCUT2D eigenvalue weighted by atomic mass is 9.96. The molecule has 9 heteroatoms. The van der Waals surface area contributed by atoms with Crippen LogP contribution in [0.4, 0.5) is 17.6 Å². The molecule has 0 spiro atoms. The van der Waals surface area contributed by atoms with Gasteiger partial charge < -0.3 is 14.6 Å². The molecule has 1 N–H and O–H groups in total. The number of methoxy groups -OCH3 is 1. The predicted octanol–water partition coefficient (Wildman–Crippen LogP) is 4.71. The van der Waals surface area contributed by atoms with Crippen molar-refractivity contribution in [3.8, 4) is 22.8 Å². The summed E-state index contributed by atoms with van der Waals surface area (Å²) in [6.07, 6.45) is -6.11. The van der Waals surface area contributed by atoms with Crippen molar-refractivity contribution in [1.29, 1.82) is 0 Å². The van der Waals surface area contributed by atoms with Crippen LogP contribution in [-0.2, 0) is 15.7 Å². The van der Waals surface area contributed by atoms with E-state index in [0.717, 1.165) is 19.2 Å². The molecule has 0 saturated carbocycles. The van der Waals surface area contributed by atoms with Crippen molar-refractivity contribution in [1.82, 2.24) is 4.98 Å². The van der Waals surface area contributed by atoms with Crippen LogP contribution in [0, 0.1) is 5.82 Å². The maximum absolute atomic E-state index is 13.8. The van der Waals surface area contributed by atoms with E-state index >= 15 is 0 Å². The van der Waals surface area contributed by atoms with Gasteiger partial charge in [0.2, 0.25) is 5.88 Å². The van der Waals surface area contributed by atoms with Crippen molar-refractivity contribution in [2.75, 3.05) is 7.11 Å². The maximum atomic E-state index is 13.8. The average Bonchev–Trinajstić information content (AvgIpc) is 2.67. The fraction of sp³-hybridized carbons (Fsp3) is 0.200. The lowest BCUT2D eigenvalue weighted by Crippen LogP contribution is -2.26.